The van der Waals surface area contributed by atoms with E-state index in [4.69, 9.17) is 13.9 Å². The number of carbonyl (C=O) groups excluding carboxylic acids is 3. The molecule has 3 rings (SSSR count). The number of hydrogen-bond donors (Lipinski definition) is 0. The van der Waals surface area contributed by atoms with Crippen LogP contribution in [-0.2, 0) is 9.53 Å². The van der Waals surface area contributed by atoms with E-state index in [0.29, 0.717) is 18.7 Å². The molecule has 7 heteroatoms. The molecular weight excluding hydrogens is 410 g/mol. The van der Waals surface area contributed by atoms with E-state index in [9.17, 15) is 14.4 Å². The van der Waals surface area contributed by atoms with Crippen molar-refractivity contribution in [3.8, 4) is 5.75 Å². The zero-order valence-electron chi connectivity index (χ0n) is 17.9. The second kappa shape index (κ2) is 10.9. The van der Waals surface area contributed by atoms with Crippen LogP contribution in [0.1, 0.15) is 40.7 Å². The number of hydrogen-bond acceptors (Lipinski definition) is 7. The van der Waals surface area contributed by atoms with Crippen molar-refractivity contribution in [1.29, 1.82) is 0 Å². The summed E-state index contributed by atoms with van der Waals surface area (Å²) >= 11 is 0. The maximum Gasteiger partial charge on any atom is 0.379 e. The van der Waals surface area contributed by atoms with Crippen LogP contribution in [0.2, 0.25) is 0 Å². The highest BCUT2D eigenvalue weighted by Crippen LogP contribution is 2.16. The van der Waals surface area contributed by atoms with E-state index in [1.54, 1.807) is 6.07 Å². The Morgan fingerprint density at radius 2 is 1.94 bits per heavy atom. The van der Waals surface area contributed by atoms with Gasteiger partial charge in [-0.25, -0.2) is 4.79 Å². The second-order valence-electron chi connectivity index (χ2n) is 7.34. The van der Waals surface area contributed by atoms with Crippen LogP contribution >= 0.6 is 0 Å². The summed E-state index contributed by atoms with van der Waals surface area (Å²) in [6.45, 7) is 6.69. The Hall–Kier alpha value is -3.87. The summed E-state index contributed by atoms with van der Waals surface area (Å²) in [5.74, 6) is -1.08. The topological polar surface area (TPSA) is 86.0 Å². The number of Topliss-reactive ketones (excluding diaryl/α,β-unsaturated/α-hetero) is 1. The van der Waals surface area contributed by atoms with Crippen LogP contribution in [0.4, 0.5) is 0 Å². The quantitative estimate of drug-likeness (QED) is 0.295. The lowest BCUT2D eigenvalue weighted by molar-refractivity contribution is -0.142. The van der Waals surface area contributed by atoms with Crippen molar-refractivity contribution >= 4 is 17.7 Å². The largest absolute Gasteiger partial charge is 0.457 e. The van der Waals surface area contributed by atoms with Gasteiger partial charge in [-0.05, 0) is 55.3 Å². The van der Waals surface area contributed by atoms with E-state index in [1.807, 2.05) is 17.9 Å². The molecule has 1 aliphatic carbocycles. The van der Waals surface area contributed by atoms with E-state index in [1.165, 1.54) is 42.2 Å². The minimum absolute atomic E-state index is 0.0823. The van der Waals surface area contributed by atoms with Crippen molar-refractivity contribution in [2.75, 3.05) is 19.7 Å². The molecule has 0 fully saturated rings. The van der Waals surface area contributed by atoms with Gasteiger partial charge in [0.2, 0.25) is 5.76 Å². The number of furan rings is 1. The summed E-state index contributed by atoms with van der Waals surface area (Å²) in [7, 11) is 0. The van der Waals surface area contributed by atoms with Crippen LogP contribution in [0.3, 0.4) is 0 Å². The Balaban J connectivity index is 1.42. The zero-order valence-corrected chi connectivity index (χ0v) is 17.9. The average molecular weight is 435 g/mol. The molecule has 0 amide bonds. The molecule has 1 aromatic heterocycles. The molecule has 1 heterocycles. The number of ketones is 1. The van der Waals surface area contributed by atoms with E-state index in [2.05, 4.69) is 18.7 Å². The van der Waals surface area contributed by atoms with Crippen molar-refractivity contribution in [3.63, 3.8) is 0 Å². The molecule has 0 atom stereocenters. The lowest BCUT2D eigenvalue weighted by Gasteiger charge is -2.25. The fourth-order valence-electron chi connectivity index (χ4n) is 3.05. The molecule has 166 valence electrons. The molecule has 0 spiro atoms. The third kappa shape index (κ3) is 6.57. The molecule has 0 aliphatic heterocycles. The summed E-state index contributed by atoms with van der Waals surface area (Å²) in [4.78, 5) is 38.3. The van der Waals surface area contributed by atoms with Gasteiger partial charge < -0.3 is 18.8 Å². The van der Waals surface area contributed by atoms with Gasteiger partial charge in [0, 0.05) is 24.4 Å². The molecule has 7 nitrogen and oxygen atoms in total. The summed E-state index contributed by atoms with van der Waals surface area (Å²) < 4.78 is 15.3. The van der Waals surface area contributed by atoms with Crippen LogP contribution in [0, 0.1) is 0 Å². The first-order valence-corrected chi connectivity index (χ1v) is 10.2. The summed E-state index contributed by atoms with van der Waals surface area (Å²) in [6.07, 6.45) is 8.60. The minimum Gasteiger partial charge on any atom is -0.457 e. The van der Waals surface area contributed by atoms with Gasteiger partial charge in [0.1, 0.15) is 5.75 Å². The molecule has 32 heavy (non-hydrogen) atoms. The molecule has 0 radical (unpaired) electrons. The number of rotatable bonds is 11. The Morgan fingerprint density at radius 3 is 2.56 bits per heavy atom. The van der Waals surface area contributed by atoms with E-state index in [0.717, 1.165) is 12.1 Å². The van der Waals surface area contributed by atoms with Gasteiger partial charge in [-0.3, -0.25) is 9.59 Å². The molecule has 0 saturated heterocycles. The van der Waals surface area contributed by atoms with Crippen LogP contribution in [0.15, 0.2) is 83.2 Å². The number of carbonyl (C=O) groups is 3. The Bertz CT molecular complexity index is 1030. The summed E-state index contributed by atoms with van der Waals surface area (Å²) in [5, 5.41) is 0. The number of ether oxygens (including phenoxy) is 2. The van der Waals surface area contributed by atoms with Gasteiger partial charge in [-0.2, -0.15) is 0 Å². The maximum absolute atomic E-state index is 12.3. The van der Waals surface area contributed by atoms with Crippen molar-refractivity contribution in [2.24, 2.45) is 0 Å². The molecule has 0 bridgehead atoms. The van der Waals surface area contributed by atoms with E-state index in [-0.39, 0.29) is 30.3 Å². The molecule has 0 N–H and O–H groups in total. The van der Waals surface area contributed by atoms with Crippen molar-refractivity contribution in [2.45, 2.75) is 19.8 Å². The van der Waals surface area contributed by atoms with Crippen LogP contribution < -0.4 is 4.74 Å². The molecule has 0 unspecified atom stereocenters. The van der Waals surface area contributed by atoms with Gasteiger partial charge in [-0.1, -0.05) is 24.8 Å². The van der Waals surface area contributed by atoms with E-state index >= 15 is 0 Å². The first-order chi connectivity index (χ1) is 15.4. The van der Waals surface area contributed by atoms with Crippen molar-refractivity contribution in [3.05, 3.63) is 90.1 Å². The molecular formula is C25H25NO6. The van der Waals surface area contributed by atoms with Gasteiger partial charge >= 0.3 is 11.9 Å². The number of allylic oxidation sites excluding steroid dienone is 4. The second-order valence-corrected chi connectivity index (χ2v) is 7.34. The predicted molar refractivity (Wildman–Crippen MR) is 118 cm³/mol. The fraction of sp³-hybridized carbons (Fsp3) is 0.240. The lowest BCUT2D eigenvalue weighted by Crippen LogP contribution is -2.27. The van der Waals surface area contributed by atoms with Gasteiger partial charge in [0.25, 0.3) is 0 Å². The zero-order chi connectivity index (χ0) is 22.9. The Morgan fingerprint density at radius 1 is 1.16 bits per heavy atom. The number of benzene rings is 1. The van der Waals surface area contributed by atoms with Gasteiger partial charge in [-0.15, -0.1) is 0 Å². The van der Waals surface area contributed by atoms with E-state index < -0.39 is 11.9 Å². The summed E-state index contributed by atoms with van der Waals surface area (Å²) in [6, 6.07) is 9.08. The predicted octanol–water partition coefficient (Wildman–Crippen LogP) is 4.34. The molecule has 0 saturated carbocycles. The SMILES string of the molecule is C=C(C)N(CCC(=O)OCC(=O)c1ccc(OC(=O)c2ccco2)cc1)CC1=CC=CC1. The molecule has 2 aromatic rings. The lowest BCUT2D eigenvalue weighted by atomic mass is 10.1. The Labute approximate surface area is 186 Å². The van der Waals surface area contributed by atoms with Gasteiger partial charge in [0.15, 0.2) is 12.4 Å². The minimum atomic E-state index is -0.632. The van der Waals surface area contributed by atoms with Crippen LogP contribution in [-0.4, -0.2) is 42.3 Å². The summed E-state index contributed by atoms with van der Waals surface area (Å²) in [5.41, 5.74) is 2.48. The molecule has 1 aromatic carbocycles. The normalized spacial score (nSPS) is 12.2. The smallest absolute Gasteiger partial charge is 0.379 e. The Kier molecular flexibility index (Phi) is 7.80. The first-order valence-electron chi connectivity index (χ1n) is 10.2. The standard InChI is InChI=1S/C25H25NO6/c1-18(2)26(16-19-6-3-4-7-19)14-13-24(28)31-17-22(27)20-9-11-21(12-10-20)32-25(29)23-8-5-15-30-23/h3-6,8-12,15H,1,7,13-14,16-17H2,2H3. The highest BCUT2D eigenvalue weighted by Gasteiger charge is 2.15. The third-order valence-electron chi connectivity index (χ3n) is 4.84. The van der Waals surface area contributed by atoms with Crippen LogP contribution in [0.25, 0.3) is 0 Å². The monoisotopic (exact) mass is 435 g/mol. The number of esters is 2. The van der Waals surface area contributed by atoms with Gasteiger partial charge in [0.05, 0.1) is 12.7 Å². The van der Waals surface area contributed by atoms with Crippen molar-refractivity contribution in [1.82, 2.24) is 4.90 Å². The molecule has 1 aliphatic rings. The third-order valence-corrected chi connectivity index (χ3v) is 4.84. The maximum atomic E-state index is 12.3. The number of nitrogens with zero attached hydrogens (tertiary/aromatic N) is 1. The fourth-order valence-corrected chi connectivity index (χ4v) is 3.05. The highest BCUT2D eigenvalue weighted by atomic mass is 16.5. The van der Waals surface area contributed by atoms with Crippen LogP contribution in [0.5, 0.6) is 5.75 Å². The first kappa shape index (κ1) is 22.8. The average Bonchev–Trinajstić information content (AvgIpc) is 3.49. The van der Waals surface area contributed by atoms with Crippen molar-refractivity contribution < 1.29 is 28.3 Å². The highest BCUT2D eigenvalue weighted by molar-refractivity contribution is 5.98.